The van der Waals surface area contributed by atoms with Crippen LogP contribution in [0, 0.1) is 0 Å². The van der Waals surface area contributed by atoms with E-state index in [1.54, 1.807) is 32.3 Å². The van der Waals surface area contributed by atoms with Gasteiger partial charge in [-0.1, -0.05) is 36.4 Å². The number of amides is 3. The maximum Gasteiger partial charge on any atom is 0.337 e. The van der Waals surface area contributed by atoms with Gasteiger partial charge in [-0.3, -0.25) is 9.69 Å². The van der Waals surface area contributed by atoms with Gasteiger partial charge in [-0.15, -0.1) is 0 Å². The lowest BCUT2D eigenvalue weighted by atomic mass is 9.99. The Hall–Kier alpha value is -4.59. The molecule has 3 aromatic rings. The van der Waals surface area contributed by atoms with Crippen LogP contribution in [0.3, 0.4) is 0 Å². The summed E-state index contributed by atoms with van der Waals surface area (Å²) in [7, 11) is 4.57. The second-order valence-electron chi connectivity index (χ2n) is 7.61. The van der Waals surface area contributed by atoms with Crippen molar-refractivity contribution in [3.63, 3.8) is 0 Å². The Morgan fingerprint density at radius 3 is 2.29 bits per heavy atom. The van der Waals surface area contributed by atoms with E-state index in [1.807, 2.05) is 54.6 Å². The van der Waals surface area contributed by atoms with Crippen molar-refractivity contribution in [3.8, 4) is 0 Å². The first-order valence-electron chi connectivity index (χ1n) is 10.6. The van der Waals surface area contributed by atoms with Crippen molar-refractivity contribution in [1.29, 1.82) is 0 Å². The van der Waals surface area contributed by atoms with E-state index in [0.717, 1.165) is 16.9 Å². The van der Waals surface area contributed by atoms with Gasteiger partial charge in [0.2, 0.25) is 0 Å². The second kappa shape index (κ2) is 9.50. The molecule has 0 aliphatic carbocycles. The summed E-state index contributed by atoms with van der Waals surface area (Å²) in [6, 6.07) is 21.6. The highest BCUT2D eigenvalue weighted by Crippen LogP contribution is 2.38. The smallest absolute Gasteiger partial charge is 0.337 e. The molecule has 0 saturated heterocycles. The van der Waals surface area contributed by atoms with Gasteiger partial charge in [0.15, 0.2) is 0 Å². The summed E-state index contributed by atoms with van der Waals surface area (Å²) >= 11 is 0. The number of methoxy groups -OCH3 is 1. The molecular formula is C26H24N4O4. The molecule has 4 rings (SSSR count). The maximum atomic E-state index is 13.1. The van der Waals surface area contributed by atoms with Gasteiger partial charge in [0.1, 0.15) is 0 Å². The van der Waals surface area contributed by atoms with Crippen LogP contribution in [0.4, 0.5) is 21.9 Å². The molecule has 0 atom stereocenters. The lowest BCUT2D eigenvalue weighted by molar-refractivity contribution is -0.110. The van der Waals surface area contributed by atoms with Gasteiger partial charge in [0, 0.05) is 31.0 Å². The summed E-state index contributed by atoms with van der Waals surface area (Å²) < 4.78 is 4.79. The molecule has 8 heteroatoms. The minimum absolute atomic E-state index is 0.224. The molecule has 172 valence electrons. The Kier molecular flexibility index (Phi) is 6.31. The van der Waals surface area contributed by atoms with Crippen LogP contribution in [0.5, 0.6) is 0 Å². The Bertz CT molecular complexity index is 1280. The summed E-state index contributed by atoms with van der Waals surface area (Å²) in [5.74, 6) is -0.753. The Balaban J connectivity index is 1.76. The van der Waals surface area contributed by atoms with Gasteiger partial charge in [0.05, 0.1) is 29.6 Å². The Morgan fingerprint density at radius 2 is 1.65 bits per heavy atom. The molecule has 0 fully saturated rings. The predicted octanol–water partition coefficient (Wildman–Crippen LogP) is 4.18. The van der Waals surface area contributed by atoms with E-state index in [9.17, 15) is 14.4 Å². The molecule has 3 amide bonds. The minimum atomic E-state index is -0.474. The average molecular weight is 457 g/mol. The van der Waals surface area contributed by atoms with Crippen LogP contribution in [0.2, 0.25) is 0 Å². The van der Waals surface area contributed by atoms with Crippen LogP contribution in [0.25, 0.3) is 11.3 Å². The van der Waals surface area contributed by atoms with Gasteiger partial charge in [-0.2, -0.15) is 0 Å². The summed E-state index contributed by atoms with van der Waals surface area (Å²) in [6.45, 7) is 0. The molecule has 1 aliphatic rings. The quantitative estimate of drug-likeness (QED) is 0.395. The van der Waals surface area contributed by atoms with Crippen molar-refractivity contribution >= 4 is 46.2 Å². The van der Waals surface area contributed by atoms with E-state index < -0.39 is 5.97 Å². The number of ether oxygens (including phenoxy) is 1. The molecular weight excluding hydrogens is 432 g/mol. The summed E-state index contributed by atoms with van der Waals surface area (Å²) in [6.07, 6.45) is 0. The van der Waals surface area contributed by atoms with E-state index in [-0.39, 0.29) is 11.9 Å². The van der Waals surface area contributed by atoms with Crippen molar-refractivity contribution in [3.05, 3.63) is 89.5 Å². The first-order chi connectivity index (χ1) is 16.4. The molecule has 0 unspecified atom stereocenters. The molecule has 34 heavy (non-hydrogen) atoms. The number of urea groups is 1. The molecule has 8 nitrogen and oxygen atoms in total. The van der Waals surface area contributed by atoms with E-state index >= 15 is 0 Å². The number of esters is 1. The first-order valence-corrected chi connectivity index (χ1v) is 10.6. The van der Waals surface area contributed by atoms with Gasteiger partial charge in [-0.05, 0) is 42.0 Å². The molecule has 3 N–H and O–H groups in total. The number of fused-ring (bicyclic) bond motifs is 1. The van der Waals surface area contributed by atoms with Crippen LogP contribution in [-0.4, -0.2) is 39.1 Å². The van der Waals surface area contributed by atoms with Crippen molar-refractivity contribution in [2.24, 2.45) is 0 Å². The fraction of sp³-hybridized carbons (Fsp3) is 0.115. The molecule has 1 heterocycles. The Labute approximate surface area is 197 Å². The number of hydrogen-bond donors (Lipinski definition) is 3. The van der Waals surface area contributed by atoms with Crippen LogP contribution >= 0.6 is 0 Å². The first kappa shape index (κ1) is 22.6. The van der Waals surface area contributed by atoms with Crippen LogP contribution in [0.1, 0.15) is 21.5 Å². The number of benzene rings is 3. The summed E-state index contributed by atoms with van der Waals surface area (Å²) in [5.41, 5.74) is 4.95. The largest absolute Gasteiger partial charge is 0.465 e. The van der Waals surface area contributed by atoms with Crippen LogP contribution < -0.4 is 20.9 Å². The summed E-state index contributed by atoms with van der Waals surface area (Å²) in [4.78, 5) is 38.4. The number of nitrogens with zero attached hydrogens (tertiary/aromatic N) is 1. The number of anilines is 3. The van der Waals surface area contributed by atoms with Gasteiger partial charge < -0.3 is 20.7 Å². The third kappa shape index (κ3) is 4.33. The molecule has 0 radical (unpaired) electrons. The van der Waals surface area contributed by atoms with Gasteiger partial charge in [-0.25, -0.2) is 9.59 Å². The lowest BCUT2D eigenvalue weighted by Crippen LogP contribution is -2.34. The second-order valence-corrected chi connectivity index (χ2v) is 7.61. The zero-order valence-electron chi connectivity index (χ0n) is 19.0. The zero-order chi connectivity index (χ0) is 24.2. The third-order valence-corrected chi connectivity index (χ3v) is 5.54. The van der Waals surface area contributed by atoms with Crippen molar-refractivity contribution in [2.45, 2.75) is 0 Å². The molecule has 0 bridgehead atoms. The van der Waals surface area contributed by atoms with E-state index in [1.165, 1.54) is 12.0 Å². The monoisotopic (exact) mass is 456 g/mol. The third-order valence-electron chi connectivity index (χ3n) is 5.54. The fourth-order valence-corrected chi connectivity index (χ4v) is 3.75. The lowest BCUT2D eigenvalue weighted by Gasteiger charge is -2.18. The number of carbonyl (C=O) groups is 3. The topological polar surface area (TPSA) is 99.8 Å². The highest BCUT2D eigenvalue weighted by Gasteiger charge is 2.29. The van der Waals surface area contributed by atoms with Crippen molar-refractivity contribution < 1.29 is 19.1 Å². The zero-order valence-corrected chi connectivity index (χ0v) is 19.0. The standard InChI is InChI=1S/C26H24N4O4/c1-27-26(33)30(2)19-12-10-18(11-13-19)28-23(16-7-5-4-6-8-16)22-20-14-9-17(25(32)34-3)15-21(20)29-24(22)31/h4-15,28H,1-3H3,(H,27,33)(H,29,31)/b23-22-. The molecule has 0 spiro atoms. The number of hydrogen-bond acceptors (Lipinski definition) is 5. The van der Waals surface area contributed by atoms with Gasteiger partial charge in [0.25, 0.3) is 5.91 Å². The SMILES string of the molecule is CNC(=O)N(C)c1ccc(N/C(=C2\C(=O)Nc3cc(C(=O)OC)ccc32)c2ccccc2)cc1. The molecule has 0 aromatic heterocycles. The molecule has 0 saturated carbocycles. The molecule has 1 aliphatic heterocycles. The van der Waals surface area contributed by atoms with Crippen molar-refractivity contribution in [1.82, 2.24) is 5.32 Å². The van der Waals surface area contributed by atoms with Gasteiger partial charge >= 0.3 is 12.0 Å². The Morgan fingerprint density at radius 1 is 0.941 bits per heavy atom. The van der Waals surface area contributed by atoms with E-state index in [2.05, 4.69) is 16.0 Å². The number of carbonyl (C=O) groups excluding carboxylic acids is 3. The summed E-state index contributed by atoms with van der Waals surface area (Å²) in [5, 5.41) is 8.81. The number of rotatable bonds is 5. The fourth-order valence-electron chi connectivity index (χ4n) is 3.75. The highest BCUT2D eigenvalue weighted by molar-refractivity contribution is 6.37. The predicted molar refractivity (Wildman–Crippen MR) is 133 cm³/mol. The molecule has 3 aromatic carbocycles. The maximum absolute atomic E-state index is 13.1. The number of nitrogens with one attached hydrogen (secondary N) is 3. The minimum Gasteiger partial charge on any atom is -0.465 e. The van der Waals surface area contributed by atoms with E-state index in [4.69, 9.17) is 4.74 Å². The van der Waals surface area contributed by atoms with Crippen LogP contribution in [-0.2, 0) is 9.53 Å². The van der Waals surface area contributed by atoms with E-state index in [0.29, 0.717) is 28.1 Å². The average Bonchev–Trinajstić information content (AvgIpc) is 3.21. The van der Waals surface area contributed by atoms with Crippen molar-refractivity contribution in [2.75, 3.05) is 36.7 Å². The normalized spacial score (nSPS) is 13.4. The highest BCUT2D eigenvalue weighted by atomic mass is 16.5. The van der Waals surface area contributed by atoms with Crippen LogP contribution in [0.15, 0.2) is 72.8 Å².